The van der Waals surface area contributed by atoms with Gasteiger partial charge >= 0.3 is 0 Å². The molecule has 0 aromatic heterocycles. The largest absolute Gasteiger partial charge is 0.495 e. The third-order valence-corrected chi connectivity index (χ3v) is 4.01. The number of anilines is 2. The first-order chi connectivity index (χ1) is 13.4. The molecule has 1 unspecified atom stereocenters. The van der Waals surface area contributed by atoms with Crippen LogP contribution in [-0.4, -0.2) is 38.6 Å². The lowest BCUT2D eigenvalue weighted by atomic mass is 10.2. The minimum Gasteiger partial charge on any atom is -0.495 e. The highest BCUT2D eigenvalue weighted by Gasteiger charge is 2.19. The molecule has 0 radical (unpaired) electrons. The monoisotopic (exact) mass is 392 g/mol. The molecule has 2 amide bonds. The van der Waals surface area contributed by atoms with E-state index in [-0.39, 0.29) is 24.7 Å². The van der Waals surface area contributed by atoms with Gasteiger partial charge in [0, 0.05) is 6.07 Å². The maximum atomic E-state index is 13.7. The third-order valence-electron chi connectivity index (χ3n) is 4.01. The van der Waals surface area contributed by atoms with Crippen molar-refractivity contribution in [3.8, 4) is 5.75 Å². The molecule has 0 aliphatic rings. The number of halogens is 2. The molecule has 0 fully saturated rings. The van der Waals surface area contributed by atoms with Gasteiger partial charge in [-0.1, -0.05) is 19.1 Å². The van der Waals surface area contributed by atoms with Gasteiger partial charge in [0.05, 0.1) is 25.0 Å². The average Bonchev–Trinajstić information content (AvgIpc) is 2.65. The van der Waals surface area contributed by atoms with Crippen LogP contribution in [0.5, 0.6) is 5.75 Å². The Labute approximate surface area is 162 Å². The second-order valence-electron chi connectivity index (χ2n) is 6.27. The van der Waals surface area contributed by atoms with Gasteiger partial charge in [0.25, 0.3) is 11.8 Å². The van der Waals surface area contributed by atoms with E-state index in [1.54, 1.807) is 24.3 Å². The summed E-state index contributed by atoms with van der Waals surface area (Å²) in [6, 6.07) is 9.85. The van der Waals surface area contributed by atoms with E-state index in [0.29, 0.717) is 22.9 Å². The zero-order valence-corrected chi connectivity index (χ0v) is 15.9. The summed E-state index contributed by atoms with van der Waals surface area (Å²) in [5.41, 5.74) is 0.316. The van der Waals surface area contributed by atoms with Crippen molar-refractivity contribution in [2.45, 2.75) is 13.3 Å². The van der Waals surface area contributed by atoms with Crippen molar-refractivity contribution in [1.82, 2.24) is 0 Å². The smallest absolute Gasteiger partial charge is 0.279 e. The van der Waals surface area contributed by atoms with Crippen molar-refractivity contribution in [3.63, 3.8) is 0 Å². The Hall–Kier alpha value is -3.00. The van der Waals surface area contributed by atoms with Crippen LogP contribution < -0.4 is 20.3 Å². The summed E-state index contributed by atoms with van der Waals surface area (Å²) >= 11 is 0. The lowest BCUT2D eigenvalue weighted by Crippen LogP contribution is -3.14. The topological polar surface area (TPSA) is 71.9 Å². The molecular weight excluding hydrogens is 368 g/mol. The molecule has 3 N–H and O–H groups in total. The summed E-state index contributed by atoms with van der Waals surface area (Å²) in [6.45, 7) is 2.49. The van der Waals surface area contributed by atoms with E-state index >= 15 is 0 Å². The number of hydrogen-bond donors (Lipinski definition) is 3. The molecule has 0 saturated carbocycles. The number of nitrogens with one attached hydrogen (secondary N) is 3. The standard InChI is InChI=1S/C20H23F2N3O3/c1-3-10-25(12-19(26)23-16-6-4-5-7-18(16)28-2)13-20(27)24-17-11-14(21)8-9-15(17)22/h4-9,11H,3,10,12-13H2,1-2H3,(H,23,26)(H,24,27)/p+1. The summed E-state index contributed by atoms with van der Waals surface area (Å²) in [6.07, 6.45) is 0.749. The van der Waals surface area contributed by atoms with Gasteiger partial charge in [-0.05, 0) is 30.7 Å². The molecule has 0 aliphatic heterocycles. The molecule has 8 heteroatoms. The van der Waals surface area contributed by atoms with Crippen LogP contribution in [0.25, 0.3) is 0 Å². The number of carbonyl (C=O) groups is 2. The fourth-order valence-electron chi connectivity index (χ4n) is 2.78. The number of rotatable bonds is 9. The predicted molar refractivity (Wildman–Crippen MR) is 102 cm³/mol. The van der Waals surface area contributed by atoms with E-state index in [2.05, 4.69) is 10.6 Å². The van der Waals surface area contributed by atoms with Crippen LogP contribution in [0.15, 0.2) is 42.5 Å². The zero-order chi connectivity index (χ0) is 20.5. The van der Waals surface area contributed by atoms with Gasteiger partial charge in [-0.2, -0.15) is 0 Å². The number of benzene rings is 2. The molecule has 0 saturated heterocycles. The lowest BCUT2D eigenvalue weighted by molar-refractivity contribution is -0.883. The van der Waals surface area contributed by atoms with E-state index in [1.165, 1.54) is 7.11 Å². The second kappa shape index (κ2) is 10.4. The number of carbonyl (C=O) groups excluding carboxylic acids is 2. The van der Waals surface area contributed by atoms with E-state index < -0.39 is 17.5 Å². The van der Waals surface area contributed by atoms with Gasteiger partial charge in [0.15, 0.2) is 13.1 Å². The number of para-hydroxylation sites is 2. The van der Waals surface area contributed by atoms with Crippen LogP contribution >= 0.6 is 0 Å². The minimum atomic E-state index is -0.722. The molecular formula is C20H24F2N3O3+. The third kappa shape index (κ3) is 6.31. The van der Waals surface area contributed by atoms with E-state index in [0.717, 1.165) is 24.6 Å². The number of ether oxygens (including phenoxy) is 1. The molecule has 0 spiro atoms. The van der Waals surface area contributed by atoms with Crippen molar-refractivity contribution in [3.05, 3.63) is 54.1 Å². The fraction of sp³-hybridized carbons (Fsp3) is 0.300. The van der Waals surface area contributed by atoms with E-state index in [4.69, 9.17) is 4.74 Å². The highest BCUT2D eigenvalue weighted by Crippen LogP contribution is 2.22. The Balaban J connectivity index is 1.97. The first-order valence-corrected chi connectivity index (χ1v) is 8.94. The van der Waals surface area contributed by atoms with Gasteiger partial charge < -0.3 is 20.3 Å². The Morgan fingerprint density at radius 1 is 1.00 bits per heavy atom. The number of amides is 2. The Kier molecular flexibility index (Phi) is 7.88. The van der Waals surface area contributed by atoms with Crippen LogP contribution in [0.1, 0.15) is 13.3 Å². The molecule has 2 aromatic rings. The van der Waals surface area contributed by atoms with Crippen molar-refractivity contribution in [1.29, 1.82) is 0 Å². The van der Waals surface area contributed by atoms with Crippen molar-refractivity contribution < 1.29 is 28.0 Å². The summed E-state index contributed by atoms with van der Waals surface area (Å²) in [7, 11) is 1.51. The highest BCUT2D eigenvalue weighted by atomic mass is 19.1. The van der Waals surface area contributed by atoms with Crippen molar-refractivity contribution >= 4 is 23.2 Å². The molecule has 0 aliphatic carbocycles. The number of hydrogen-bond acceptors (Lipinski definition) is 3. The number of quaternary nitrogens is 1. The zero-order valence-electron chi connectivity index (χ0n) is 15.9. The molecule has 0 heterocycles. The Morgan fingerprint density at radius 2 is 1.64 bits per heavy atom. The summed E-state index contributed by atoms with van der Waals surface area (Å²) < 4.78 is 32.1. The Morgan fingerprint density at radius 3 is 2.29 bits per heavy atom. The van der Waals surface area contributed by atoms with E-state index in [1.807, 2.05) is 6.92 Å². The van der Waals surface area contributed by atoms with Gasteiger partial charge in [-0.3, -0.25) is 9.59 Å². The fourth-order valence-corrected chi connectivity index (χ4v) is 2.78. The van der Waals surface area contributed by atoms with Crippen molar-refractivity contribution in [2.24, 2.45) is 0 Å². The average molecular weight is 392 g/mol. The maximum absolute atomic E-state index is 13.7. The molecule has 1 atom stereocenters. The van der Waals surface area contributed by atoms with E-state index in [9.17, 15) is 18.4 Å². The predicted octanol–water partition coefficient (Wildman–Crippen LogP) is 1.85. The summed E-state index contributed by atoms with van der Waals surface area (Å²) in [5.74, 6) is -1.62. The van der Waals surface area contributed by atoms with Gasteiger partial charge in [-0.25, -0.2) is 8.78 Å². The van der Waals surface area contributed by atoms with Crippen LogP contribution in [0.2, 0.25) is 0 Å². The first kappa shape index (κ1) is 21.3. The van der Waals surface area contributed by atoms with Crippen LogP contribution in [0, 0.1) is 11.6 Å². The maximum Gasteiger partial charge on any atom is 0.279 e. The molecule has 2 aromatic carbocycles. The quantitative estimate of drug-likeness (QED) is 0.610. The van der Waals surface area contributed by atoms with Crippen LogP contribution in [-0.2, 0) is 9.59 Å². The van der Waals surface area contributed by atoms with Gasteiger partial charge in [-0.15, -0.1) is 0 Å². The first-order valence-electron chi connectivity index (χ1n) is 8.94. The Bertz CT molecular complexity index is 830. The molecule has 2 rings (SSSR count). The molecule has 6 nitrogen and oxygen atoms in total. The van der Waals surface area contributed by atoms with Crippen molar-refractivity contribution in [2.75, 3.05) is 37.4 Å². The lowest BCUT2D eigenvalue weighted by Gasteiger charge is -2.18. The van der Waals surface area contributed by atoms with Crippen LogP contribution in [0.3, 0.4) is 0 Å². The SMILES string of the molecule is CCC[NH+](CC(=O)Nc1cc(F)ccc1F)CC(=O)Nc1ccccc1OC. The highest BCUT2D eigenvalue weighted by molar-refractivity contribution is 5.94. The molecule has 28 heavy (non-hydrogen) atoms. The van der Waals surface area contributed by atoms with Gasteiger partial charge in [0.2, 0.25) is 0 Å². The van der Waals surface area contributed by atoms with Crippen LogP contribution in [0.4, 0.5) is 20.2 Å². The van der Waals surface area contributed by atoms with Gasteiger partial charge in [0.1, 0.15) is 17.4 Å². The second-order valence-corrected chi connectivity index (χ2v) is 6.27. The normalized spacial score (nSPS) is 11.6. The summed E-state index contributed by atoms with van der Waals surface area (Å²) in [5, 5.41) is 5.12. The summed E-state index contributed by atoms with van der Waals surface area (Å²) in [4.78, 5) is 25.3. The molecule has 0 bridgehead atoms. The number of methoxy groups -OCH3 is 1. The minimum absolute atomic E-state index is 0.0466. The molecule has 150 valence electrons.